The molecule has 1 amide bonds. The summed E-state index contributed by atoms with van der Waals surface area (Å²) in [6.45, 7) is 6.17. The van der Waals surface area contributed by atoms with Crippen LogP contribution in [0.2, 0.25) is 0 Å². The molecule has 0 aliphatic heterocycles. The Balaban J connectivity index is 2.65. The van der Waals surface area contributed by atoms with E-state index < -0.39 is 6.09 Å². The number of amides is 1. The van der Waals surface area contributed by atoms with Gasteiger partial charge in [-0.3, -0.25) is 0 Å². The first-order valence-corrected chi connectivity index (χ1v) is 5.65. The van der Waals surface area contributed by atoms with Gasteiger partial charge in [0.2, 0.25) is 0 Å². The van der Waals surface area contributed by atoms with Gasteiger partial charge in [0.05, 0.1) is 0 Å². The molecule has 0 aromatic heterocycles. The molecule has 17 heavy (non-hydrogen) atoms. The fourth-order valence-corrected chi connectivity index (χ4v) is 1.64. The number of hydrogen-bond acceptors (Lipinski definition) is 2. The van der Waals surface area contributed by atoms with Crippen molar-refractivity contribution >= 4 is 11.8 Å². The van der Waals surface area contributed by atoms with Gasteiger partial charge in [0.25, 0.3) is 0 Å². The first-order chi connectivity index (χ1) is 7.80. The zero-order valence-electron chi connectivity index (χ0n) is 10.6. The Hall–Kier alpha value is -1.71. The van der Waals surface area contributed by atoms with Gasteiger partial charge >= 0.3 is 6.09 Å². The number of nitrogen functional groups attached to an aromatic ring is 1. The van der Waals surface area contributed by atoms with Crippen LogP contribution in [0.5, 0.6) is 0 Å². The number of hydrogen-bond donors (Lipinski definition) is 2. The van der Waals surface area contributed by atoms with E-state index in [0.717, 1.165) is 11.3 Å². The molecule has 3 N–H and O–H groups in total. The second-order valence-electron chi connectivity index (χ2n) is 5.10. The van der Waals surface area contributed by atoms with Crippen molar-refractivity contribution in [2.24, 2.45) is 0 Å². The van der Waals surface area contributed by atoms with Crippen molar-refractivity contribution in [2.75, 3.05) is 12.3 Å². The van der Waals surface area contributed by atoms with Gasteiger partial charge in [-0.15, -0.1) is 0 Å². The van der Waals surface area contributed by atoms with Crippen molar-refractivity contribution in [1.29, 1.82) is 0 Å². The second-order valence-corrected chi connectivity index (χ2v) is 5.10. The zero-order valence-corrected chi connectivity index (χ0v) is 10.6. The molecule has 4 heteroatoms. The number of anilines is 1. The summed E-state index contributed by atoms with van der Waals surface area (Å²) in [5, 5.41) is 9.14. The number of nitrogens with zero attached hydrogens (tertiary/aromatic N) is 1. The Kier molecular flexibility index (Phi) is 3.99. The molecule has 0 bridgehead atoms. The normalized spacial score (nSPS) is 11.2. The Bertz CT molecular complexity index is 379. The maximum absolute atomic E-state index is 11.1. The maximum atomic E-state index is 11.1. The average Bonchev–Trinajstić information content (AvgIpc) is 2.18. The summed E-state index contributed by atoms with van der Waals surface area (Å²) in [7, 11) is 0. The minimum absolute atomic E-state index is 0.375. The van der Waals surface area contributed by atoms with Crippen LogP contribution in [0.4, 0.5) is 10.5 Å². The van der Waals surface area contributed by atoms with E-state index in [4.69, 9.17) is 10.8 Å². The molecule has 1 rings (SSSR count). The van der Waals surface area contributed by atoms with Crippen LogP contribution in [0.3, 0.4) is 0 Å². The van der Waals surface area contributed by atoms with Gasteiger partial charge in [0.15, 0.2) is 0 Å². The van der Waals surface area contributed by atoms with Gasteiger partial charge in [-0.1, -0.05) is 12.1 Å². The van der Waals surface area contributed by atoms with E-state index in [-0.39, 0.29) is 5.54 Å². The first-order valence-electron chi connectivity index (χ1n) is 5.65. The molecule has 0 aliphatic rings. The predicted octanol–water partition coefficient (Wildman–Crippen LogP) is 2.59. The Morgan fingerprint density at radius 2 is 1.82 bits per heavy atom. The molecule has 1 aromatic carbocycles. The van der Waals surface area contributed by atoms with E-state index in [1.54, 1.807) is 0 Å². The maximum Gasteiger partial charge on any atom is 0.407 e. The highest BCUT2D eigenvalue weighted by molar-refractivity contribution is 5.66. The third-order valence-electron chi connectivity index (χ3n) is 2.64. The largest absolute Gasteiger partial charge is 0.465 e. The van der Waals surface area contributed by atoms with Gasteiger partial charge < -0.3 is 15.7 Å². The summed E-state index contributed by atoms with van der Waals surface area (Å²) < 4.78 is 0. The van der Waals surface area contributed by atoms with E-state index in [0.29, 0.717) is 13.0 Å². The van der Waals surface area contributed by atoms with Gasteiger partial charge in [-0.25, -0.2) is 4.79 Å². The second kappa shape index (κ2) is 5.08. The molecule has 1 aromatic rings. The Labute approximate surface area is 102 Å². The highest BCUT2D eigenvalue weighted by Crippen LogP contribution is 2.15. The van der Waals surface area contributed by atoms with Crippen LogP contribution in [-0.2, 0) is 6.42 Å². The van der Waals surface area contributed by atoms with Crippen LogP contribution in [0, 0.1) is 0 Å². The third kappa shape index (κ3) is 3.98. The number of rotatable bonds is 3. The monoisotopic (exact) mass is 236 g/mol. The van der Waals surface area contributed by atoms with Gasteiger partial charge in [0, 0.05) is 17.8 Å². The molecule has 0 spiro atoms. The molecule has 0 radical (unpaired) electrons. The van der Waals surface area contributed by atoms with Crippen LogP contribution in [0.1, 0.15) is 26.3 Å². The summed E-state index contributed by atoms with van der Waals surface area (Å²) in [6.07, 6.45) is -0.183. The molecule has 0 atom stereocenters. The Morgan fingerprint density at radius 3 is 2.24 bits per heavy atom. The minimum atomic E-state index is -0.882. The molecule has 0 saturated carbocycles. The molecule has 0 heterocycles. The van der Waals surface area contributed by atoms with Crippen molar-refractivity contribution in [3.63, 3.8) is 0 Å². The quantitative estimate of drug-likeness (QED) is 0.793. The summed E-state index contributed by atoms with van der Waals surface area (Å²) in [6, 6.07) is 7.52. The molecule has 0 fully saturated rings. The summed E-state index contributed by atoms with van der Waals surface area (Å²) in [5.74, 6) is 0. The minimum Gasteiger partial charge on any atom is -0.465 e. The van der Waals surface area contributed by atoms with E-state index in [9.17, 15) is 4.79 Å². The van der Waals surface area contributed by atoms with Gasteiger partial charge in [-0.05, 0) is 44.9 Å². The van der Waals surface area contributed by atoms with Crippen LogP contribution in [0.15, 0.2) is 24.3 Å². The predicted molar refractivity (Wildman–Crippen MR) is 69.0 cm³/mol. The topological polar surface area (TPSA) is 66.6 Å². The number of carboxylic acid groups (broad SMARTS) is 1. The lowest BCUT2D eigenvalue weighted by Crippen LogP contribution is -2.45. The van der Waals surface area contributed by atoms with Crippen LogP contribution >= 0.6 is 0 Å². The van der Waals surface area contributed by atoms with Crippen LogP contribution in [0.25, 0.3) is 0 Å². The fourth-order valence-electron chi connectivity index (χ4n) is 1.64. The standard InChI is InChI=1S/C13H20N2O2/c1-13(2,3)15(12(16)17)9-8-10-4-6-11(14)7-5-10/h4-7H,8-9,14H2,1-3H3,(H,16,17). The van der Waals surface area contributed by atoms with Gasteiger partial charge in [-0.2, -0.15) is 0 Å². The molecule has 0 unspecified atom stereocenters. The number of nitrogens with two attached hydrogens (primary N) is 1. The molecule has 4 nitrogen and oxygen atoms in total. The lowest BCUT2D eigenvalue weighted by atomic mass is 10.0. The molecule has 0 aliphatic carbocycles. The highest BCUT2D eigenvalue weighted by Gasteiger charge is 2.25. The lowest BCUT2D eigenvalue weighted by molar-refractivity contribution is 0.101. The molecule has 94 valence electrons. The lowest BCUT2D eigenvalue weighted by Gasteiger charge is -2.33. The number of carbonyl (C=O) groups is 1. The highest BCUT2D eigenvalue weighted by atomic mass is 16.4. The average molecular weight is 236 g/mol. The third-order valence-corrected chi connectivity index (χ3v) is 2.64. The van der Waals surface area contributed by atoms with E-state index in [1.165, 1.54) is 4.90 Å². The van der Waals surface area contributed by atoms with Crippen molar-refractivity contribution in [3.05, 3.63) is 29.8 Å². The van der Waals surface area contributed by atoms with Crippen LogP contribution in [-0.4, -0.2) is 28.2 Å². The molecular formula is C13H20N2O2. The number of benzene rings is 1. The van der Waals surface area contributed by atoms with Crippen LogP contribution < -0.4 is 5.73 Å². The van der Waals surface area contributed by atoms with E-state index in [2.05, 4.69) is 0 Å². The van der Waals surface area contributed by atoms with E-state index >= 15 is 0 Å². The molecular weight excluding hydrogens is 216 g/mol. The summed E-state index contributed by atoms with van der Waals surface area (Å²) in [5.41, 5.74) is 7.03. The van der Waals surface area contributed by atoms with E-state index in [1.807, 2.05) is 45.0 Å². The van der Waals surface area contributed by atoms with Crippen molar-refractivity contribution in [1.82, 2.24) is 4.90 Å². The van der Waals surface area contributed by atoms with Crippen molar-refractivity contribution < 1.29 is 9.90 Å². The van der Waals surface area contributed by atoms with Crippen molar-refractivity contribution in [2.45, 2.75) is 32.7 Å². The summed E-state index contributed by atoms with van der Waals surface area (Å²) >= 11 is 0. The SMILES string of the molecule is CC(C)(C)N(CCc1ccc(N)cc1)C(=O)O. The summed E-state index contributed by atoms with van der Waals surface area (Å²) in [4.78, 5) is 12.6. The molecule has 0 saturated heterocycles. The van der Waals surface area contributed by atoms with Gasteiger partial charge in [0.1, 0.15) is 0 Å². The zero-order chi connectivity index (χ0) is 13.1. The fraction of sp³-hybridized carbons (Fsp3) is 0.462. The van der Waals surface area contributed by atoms with Crippen molar-refractivity contribution in [3.8, 4) is 0 Å². The smallest absolute Gasteiger partial charge is 0.407 e. The first kappa shape index (κ1) is 13.4. The Morgan fingerprint density at radius 1 is 1.29 bits per heavy atom.